The number of nitrogens with zero attached hydrogens (tertiary/aromatic N) is 2. The Morgan fingerprint density at radius 2 is 1.93 bits per heavy atom. The third-order valence-corrected chi connectivity index (χ3v) is 6.28. The van der Waals surface area contributed by atoms with Crippen LogP contribution in [0, 0.1) is 0 Å². The average Bonchev–Trinajstić information content (AvgIpc) is 3.54. The van der Waals surface area contributed by atoms with Gasteiger partial charge in [-0.25, -0.2) is 4.98 Å². The molecule has 30 heavy (non-hydrogen) atoms. The summed E-state index contributed by atoms with van der Waals surface area (Å²) in [5.41, 5.74) is 1.56. The topological polar surface area (TPSA) is 92.5 Å². The van der Waals surface area contributed by atoms with Crippen molar-refractivity contribution >= 4 is 45.5 Å². The van der Waals surface area contributed by atoms with Crippen LogP contribution in [0.25, 0.3) is 10.6 Å². The maximum Gasteiger partial charge on any atom is 0.261 e. The summed E-state index contributed by atoms with van der Waals surface area (Å²) in [4.78, 5) is 44.5. The SMILES string of the molecule is O=C(Nc1nc(-c2cccs2)cs1)c1ccc2c(c1)C(=O)N(Cc1ccco1)C2=O. The molecule has 1 aromatic carbocycles. The van der Waals surface area contributed by atoms with Gasteiger partial charge in [-0.3, -0.25) is 24.6 Å². The Labute approximate surface area is 178 Å². The molecule has 1 N–H and O–H groups in total. The number of furan rings is 1. The second-order valence-electron chi connectivity index (χ2n) is 6.51. The van der Waals surface area contributed by atoms with Crippen LogP contribution in [0.5, 0.6) is 0 Å². The van der Waals surface area contributed by atoms with Crippen molar-refractivity contribution in [2.75, 3.05) is 5.32 Å². The van der Waals surface area contributed by atoms with Crippen LogP contribution in [0.1, 0.15) is 36.8 Å². The van der Waals surface area contributed by atoms with Crippen LogP contribution in [0.3, 0.4) is 0 Å². The van der Waals surface area contributed by atoms with Gasteiger partial charge in [0.2, 0.25) is 0 Å². The first-order chi connectivity index (χ1) is 14.6. The highest BCUT2D eigenvalue weighted by Crippen LogP contribution is 2.29. The molecule has 0 bridgehead atoms. The molecule has 0 saturated heterocycles. The van der Waals surface area contributed by atoms with E-state index in [1.54, 1.807) is 23.5 Å². The molecule has 0 radical (unpaired) electrons. The second-order valence-corrected chi connectivity index (χ2v) is 8.31. The largest absolute Gasteiger partial charge is 0.467 e. The standard InChI is InChI=1S/C21H13N3O4S2/c25-18(23-21-22-16(11-30-21)17-4-2-8-29-17)12-5-6-14-15(9-12)20(27)24(19(14)26)10-13-3-1-7-28-13/h1-9,11H,10H2,(H,22,23,25). The number of amides is 3. The van der Waals surface area contributed by atoms with E-state index in [4.69, 9.17) is 4.42 Å². The Hall–Kier alpha value is -3.56. The molecule has 4 heterocycles. The van der Waals surface area contributed by atoms with Crippen molar-refractivity contribution in [2.24, 2.45) is 0 Å². The van der Waals surface area contributed by atoms with Gasteiger partial charge < -0.3 is 4.42 Å². The molecular formula is C21H13N3O4S2. The summed E-state index contributed by atoms with van der Waals surface area (Å²) in [5, 5.41) is 7.05. The van der Waals surface area contributed by atoms with E-state index >= 15 is 0 Å². The molecule has 1 aliphatic heterocycles. The van der Waals surface area contributed by atoms with Gasteiger partial charge in [-0.1, -0.05) is 6.07 Å². The van der Waals surface area contributed by atoms with Gasteiger partial charge in [0, 0.05) is 10.9 Å². The molecule has 4 aromatic rings. The van der Waals surface area contributed by atoms with Gasteiger partial charge in [0.15, 0.2) is 5.13 Å². The molecule has 0 atom stereocenters. The molecule has 0 fully saturated rings. The lowest BCUT2D eigenvalue weighted by molar-refractivity contribution is 0.0631. The predicted octanol–water partition coefficient (Wildman–Crippen LogP) is 4.51. The van der Waals surface area contributed by atoms with E-state index < -0.39 is 17.7 Å². The fourth-order valence-electron chi connectivity index (χ4n) is 3.17. The van der Waals surface area contributed by atoms with Gasteiger partial charge in [-0.2, -0.15) is 0 Å². The van der Waals surface area contributed by atoms with E-state index in [1.807, 2.05) is 22.9 Å². The zero-order valence-electron chi connectivity index (χ0n) is 15.3. The molecule has 3 amide bonds. The fourth-order valence-corrected chi connectivity index (χ4v) is 4.64. The number of thiophene rings is 1. The molecule has 0 aliphatic carbocycles. The first kappa shape index (κ1) is 18.5. The number of fused-ring (bicyclic) bond motifs is 1. The van der Waals surface area contributed by atoms with E-state index in [9.17, 15) is 14.4 Å². The van der Waals surface area contributed by atoms with Crippen molar-refractivity contribution in [3.05, 3.63) is 81.9 Å². The Morgan fingerprint density at radius 3 is 2.70 bits per heavy atom. The lowest BCUT2D eigenvalue weighted by Crippen LogP contribution is -2.28. The lowest BCUT2D eigenvalue weighted by Gasteiger charge is -2.11. The average molecular weight is 435 g/mol. The van der Waals surface area contributed by atoms with Crippen molar-refractivity contribution in [1.82, 2.24) is 9.88 Å². The molecule has 0 saturated carbocycles. The quantitative estimate of drug-likeness (QED) is 0.466. The van der Waals surface area contributed by atoms with Crippen molar-refractivity contribution < 1.29 is 18.8 Å². The summed E-state index contributed by atoms with van der Waals surface area (Å²) < 4.78 is 5.23. The summed E-state index contributed by atoms with van der Waals surface area (Å²) in [7, 11) is 0. The van der Waals surface area contributed by atoms with E-state index in [0.717, 1.165) is 15.5 Å². The monoisotopic (exact) mass is 435 g/mol. The molecular weight excluding hydrogens is 422 g/mol. The van der Waals surface area contributed by atoms with Gasteiger partial charge in [0.25, 0.3) is 17.7 Å². The summed E-state index contributed by atoms with van der Waals surface area (Å²) in [5.74, 6) is -0.739. The normalized spacial score (nSPS) is 13.0. The first-order valence-corrected chi connectivity index (χ1v) is 10.7. The molecule has 5 rings (SSSR count). The smallest absolute Gasteiger partial charge is 0.261 e. The Balaban J connectivity index is 1.35. The highest BCUT2D eigenvalue weighted by molar-refractivity contribution is 7.16. The minimum atomic E-state index is -0.449. The van der Waals surface area contributed by atoms with Gasteiger partial charge in [-0.05, 0) is 41.8 Å². The van der Waals surface area contributed by atoms with Gasteiger partial charge in [0.1, 0.15) is 5.76 Å². The molecule has 0 unspecified atom stereocenters. The number of rotatable bonds is 5. The zero-order chi connectivity index (χ0) is 20.7. The molecule has 9 heteroatoms. The minimum absolute atomic E-state index is 0.0471. The van der Waals surface area contributed by atoms with Crippen LogP contribution in [0.15, 0.2) is 63.9 Å². The zero-order valence-corrected chi connectivity index (χ0v) is 17.0. The number of aromatic nitrogens is 1. The second kappa shape index (κ2) is 7.36. The van der Waals surface area contributed by atoms with Crippen LogP contribution in [0.4, 0.5) is 5.13 Å². The van der Waals surface area contributed by atoms with Crippen molar-refractivity contribution in [1.29, 1.82) is 0 Å². The maximum absolute atomic E-state index is 12.7. The lowest BCUT2D eigenvalue weighted by atomic mass is 10.1. The number of carbonyl (C=O) groups is 3. The molecule has 1 aliphatic rings. The van der Waals surface area contributed by atoms with Crippen LogP contribution >= 0.6 is 22.7 Å². The van der Waals surface area contributed by atoms with Crippen LogP contribution in [0.2, 0.25) is 0 Å². The number of nitrogens with one attached hydrogen (secondary N) is 1. The maximum atomic E-state index is 12.7. The molecule has 7 nitrogen and oxygen atoms in total. The van der Waals surface area contributed by atoms with Gasteiger partial charge in [0.05, 0.1) is 34.5 Å². The summed E-state index contributed by atoms with van der Waals surface area (Å²) >= 11 is 2.89. The van der Waals surface area contributed by atoms with Crippen LogP contribution in [-0.4, -0.2) is 27.6 Å². The summed E-state index contributed by atoms with van der Waals surface area (Å²) in [6, 6.07) is 11.8. The third-order valence-electron chi connectivity index (χ3n) is 4.63. The molecule has 3 aromatic heterocycles. The number of anilines is 1. The molecule has 0 spiro atoms. The fraction of sp³-hybridized carbons (Fsp3) is 0.0476. The Kier molecular flexibility index (Phi) is 4.53. The summed E-state index contributed by atoms with van der Waals surface area (Å²) in [6.45, 7) is 0.0471. The minimum Gasteiger partial charge on any atom is -0.467 e. The van der Waals surface area contributed by atoms with Crippen molar-refractivity contribution in [2.45, 2.75) is 6.54 Å². The van der Waals surface area contributed by atoms with E-state index in [0.29, 0.717) is 10.9 Å². The highest BCUT2D eigenvalue weighted by Gasteiger charge is 2.36. The number of hydrogen-bond acceptors (Lipinski definition) is 7. The Bertz CT molecular complexity index is 1260. The van der Waals surface area contributed by atoms with E-state index in [-0.39, 0.29) is 23.2 Å². The van der Waals surface area contributed by atoms with E-state index in [1.165, 1.54) is 35.8 Å². The Morgan fingerprint density at radius 1 is 1.07 bits per heavy atom. The number of carbonyl (C=O) groups excluding carboxylic acids is 3. The van der Waals surface area contributed by atoms with Crippen molar-refractivity contribution in [3.8, 4) is 10.6 Å². The van der Waals surface area contributed by atoms with Crippen LogP contribution < -0.4 is 5.32 Å². The van der Waals surface area contributed by atoms with Crippen LogP contribution in [-0.2, 0) is 6.54 Å². The van der Waals surface area contributed by atoms with Gasteiger partial charge >= 0.3 is 0 Å². The molecule has 148 valence electrons. The number of benzene rings is 1. The van der Waals surface area contributed by atoms with Gasteiger partial charge in [-0.15, -0.1) is 22.7 Å². The number of hydrogen-bond donors (Lipinski definition) is 1. The first-order valence-electron chi connectivity index (χ1n) is 8.93. The highest BCUT2D eigenvalue weighted by atomic mass is 32.1. The summed E-state index contributed by atoms with van der Waals surface area (Å²) in [6.07, 6.45) is 1.48. The number of imide groups is 1. The van der Waals surface area contributed by atoms with E-state index in [2.05, 4.69) is 10.3 Å². The van der Waals surface area contributed by atoms with Crippen molar-refractivity contribution in [3.63, 3.8) is 0 Å². The number of thiazole rings is 1. The third kappa shape index (κ3) is 3.23. The predicted molar refractivity (Wildman–Crippen MR) is 113 cm³/mol.